The van der Waals surface area contributed by atoms with Crippen molar-refractivity contribution in [3.8, 4) is 0 Å². The highest BCUT2D eigenvalue weighted by atomic mass is 16.5. The molecule has 1 aliphatic heterocycles. The normalized spacial score (nSPS) is 16.5. The fourth-order valence-electron chi connectivity index (χ4n) is 3.15. The number of hydrogen-bond donors (Lipinski definition) is 1. The SMILES string of the molecule is Cc1oc(C(C)(C)C)cc1CNc1cnn(C2CCOCC2)c1C. The topological polar surface area (TPSA) is 52.2 Å². The fraction of sp³-hybridized carbons (Fsp3) is 0.632. The molecule has 5 nitrogen and oxygen atoms in total. The summed E-state index contributed by atoms with van der Waals surface area (Å²) in [6.07, 6.45) is 4.01. The molecule has 5 heteroatoms. The lowest BCUT2D eigenvalue weighted by Crippen LogP contribution is -2.21. The highest BCUT2D eigenvalue weighted by Crippen LogP contribution is 2.29. The summed E-state index contributed by atoms with van der Waals surface area (Å²) < 4.78 is 13.5. The summed E-state index contributed by atoms with van der Waals surface area (Å²) in [6.45, 7) is 13.1. The number of furan rings is 1. The minimum absolute atomic E-state index is 0.0346. The third kappa shape index (κ3) is 3.51. The van der Waals surface area contributed by atoms with E-state index in [4.69, 9.17) is 9.15 Å². The van der Waals surface area contributed by atoms with Crippen LogP contribution in [-0.2, 0) is 16.7 Å². The van der Waals surface area contributed by atoms with E-state index in [-0.39, 0.29) is 5.41 Å². The molecule has 3 heterocycles. The molecule has 0 aromatic carbocycles. The number of hydrogen-bond acceptors (Lipinski definition) is 4. The molecule has 2 aromatic heterocycles. The molecule has 0 unspecified atom stereocenters. The van der Waals surface area contributed by atoms with Crippen LogP contribution in [0, 0.1) is 13.8 Å². The van der Waals surface area contributed by atoms with Crippen molar-refractivity contribution in [1.29, 1.82) is 0 Å². The number of aryl methyl sites for hydroxylation is 1. The molecule has 1 N–H and O–H groups in total. The Morgan fingerprint density at radius 1 is 1.25 bits per heavy atom. The van der Waals surface area contributed by atoms with Crippen LogP contribution in [0.4, 0.5) is 5.69 Å². The van der Waals surface area contributed by atoms with E-state index in [0.29, 0.717) is 6.04 Å². The van der Waals surface area contributed by atoms with Gasteiger partial charge in [0.05, 0.1) is 23.6 Å². The molecule has 2 aromatic rings. The predicted molar refractivity (Wildman–Crippen MR) is 95.5 cm³/mol. The van der Waals surface area contributed by atoms with Gasteiger partial charge < -0.3 is 14.5 Å². The van der Waals surface area contributed by atoms with Gasteiger partial charge in [0.2, 0.25) is 0 Å². The minimum Gasteiger partial charge on any atom is -0.465 e. The number of anilines is 1. The second kappa shape index (κ2) is 6.63. The summed E-state index contributed by atoms with van der Waals surface area (Å²) in [6, 6.07) is 2.62. The van der Waals surface area contributed by atoms with Crippen LogP contribution < -0.4 is 5.32 Å². The summed E-state index contributed by atoms with van der Waals surface area (Å²) in [7, 11) is 0. The first-order valence-corrected chi connectivity index (χ1v) is 8.82. The number of nitrogens with one attached hydrogen (secondary N) is 1. The van der Waals surface area contributed by atoms with Gasteiger partial charge in [0.1, 0.15) is 11.5 Å². The average Bonchev–Trinajstić information content (AvgIpc) is 3.09. The smallest absolute Gasteiger partial charge is 0.109 e. The number of nitrogens with zero attached hydrogens (tertiary/aromatic N) is 2. The predicted octanol–water partition coefficient (Wildman–Crippen LogP) is 4.35. The zero-order valence-corrected chi connectivity index (χ0v) is 15.5. The quantitative estimate of drug-likeness (QED) is 0.905. The van der Waals surface area contributed by atoms with Gasteiger partial charge in [-0.25, -0.2) is 0 Å². The molecule has 24 heavy (non-hydrogen) atoms. The van der Waals surface area contributed by atoms with E-state index < -0.39 is 0 Å². The standard InChI is InChI=1S/C19H29N3O2/c1-13-17(12-21-22(13)16-6-8-23-9-7-16)20-11-15-10-18(19(3,4)5)24-14(15)2/h10,12,16,20H,6-9,11H2,1-5H3. The summed E-state index contributed by atoms with van der Waals surface area (Å²) >= 11 is 0. The van der Waals surface area contributed by atoms with Crippen molar-refractivity contribution < 1.29 is 9.15 Å². The maximum atomic E-state index is 5.92. The molecule has 0 saturated carbocycles. The Labute approximate surface area is 144 Å². The zero-order chi connectivity index (χ0) is 17.3. The van der Waals surface area contributed by atoms with Crippen LogP contribution in [0.3, 0.4) is 0 Å². The molecule has 0 bridgehead atoms. The Morgan fingerprint density at radius 2 is 1.96 bits per heavy atom. The minimum atomic E-state index is 0.0346. The van der Waals surface area contributed by atoms with Crippen LogP contribution in [0.1, 0.15) is 62.4 Å². The van der Waals surface area contributed by atoms with E-state index in [9.17, 15) is 0 Å². The molecular weight excluding hydrogens is 302 g/mol. The highest BCUT2D eigenvalue weighted by molar-refractivity contribution is 5.47. The molecular formula is C19H29N3O2. The van der Waals surface area contributed by atoms with Crippen molar-refractivity contribution in [2.45, 2.75) is 65.5 Å². The summed E-state index contributed by atoms with van der Waals surface area (Å²) in [5.74, 6) is 2.02. The van der Waals surface area contributed by atoms with Crippen LogP contribution >= 0.6 is 0 Å². The van der Waals surface area contributed by atoms with E-state index in [0.717, 1.165) is 49.8 Å². The van der Waals surface area contributed by atoms with Crippen molar-refractivity contribution in [2.24, 2.45) is 0 Å². The second-order valence-electron chi connectivity index (χ2n) is 7.73. The van der Waals surface area contributed by atoms with E-state index in [1.165, 1.54) is 11.3 Å². The Morgan fingerprint density at radius 3 is 2.58 bits per heavy atom. The van der Waals surface area contributed by atoms with Crippen molar-refractivity contribution >= 4 is 5.69 Å². The molecule has 0 amide bonds. The van der Waals surface area contributed by atoms with Crippen molar-refractivity contribution in [1.82, 2.24) is 9.78 Å². The summed E-state index contributed by atoms with van der Waals surface area (Å²) in [5, 5.41) is 8.11. The van der Waals surface area contributed by atoms with Gasteiger partial charge in [0, 0.05) is 30.7 Å². The van der Waals surface area contributed by atoms with E-state index in [1.807, 2.05) is 13.1 Å². The first-order valence-electron chi connectivity index (χ1n) is 8.82. The highest BCUT2D eigenvalue weighted by Gasteiger charge is 2.21. The lowest BCUT2D eigenvalue weighted by Gasteiger charge is -2.23. The van der Waals surface area contributed by atoms with Crippen LogP contribution in [0.5, 0.6) is 0 Å². The van der Waals surface area contributed by atoms with Crippen molar-refractivity contribution in [2.75, 3.05) is 18.5 Å². The fourth-order valence-corrected chi connectivity index (χ4v) is 3.15. The average molecular weight is 331 g/mol. The Bertz CT molecular complexity index is 688. The number of rotatable bonds is 4. The Balaban J connectivity index is 1.69. The van der Waals surface area contributed by atoms with Gasteiger partial charge in [-0.05, 0) is 32.8 Å². The molecule has 1 fully saturated rings. The Kier molecular flexibility index (Phi) is 4.72. The molecule has 0 radical (unpaired) electrons. The first kappa shape index (κ1) is 17.1. The lowest BCUT2D eigenvalue weighted by atomic mass is 9.93. The van der Waals surface area contributed by atoms with Gasteiger partial charge in [-0.1, -0.05) is 20.8 Å². The van der Waals surface area contributed by atoms with Gasteiger partial charge in [0.25, 0.3) is 0 Å². The van der Waals surface area contributed by atoms with Gasteiger partial charge in [-0.2, -0.15) is 5.10 Å². The molecule has 0 atom stereocenters. The molecule has 3 rings (SSSR count). The van der Waals surface area contributed by atoms with E-state index >= 15 is 0 Å². The van der Waals surface area contributed by atoms with E-state index in [2.05, 4.69) is 48.9 Å². The van der Waals surface area contributed by atoms with E-state index in [1.54, 1.807) is 0 Å². The van der Waals surface area contributed by atoms with Gasteiger partial charge >= 0.3 is 0 Å². The molecule has 0 aliphatic carbocycles. The molecule has 1 aliphatic rings. The summed E-state index contributed by atoms with van der Waals surface area (Å²) in [4.78, 5) is 0. The molecule has 132 valence electrons. The number of ether oxygens (including phenoxy) is 1. The van der Waals surface area contributed by atoms with Crippen molar-refractivity contribution in [3.05, 3.63) is 35.0 Å². The third-order valence-electron chi connectivity index (χ3n) is 4.81. The number of aromatic nitrogens is 2. The zero-order valence-electron chi connectivity index (χ0n) is 15.5. The largest absolute Gasteiger partial charge is 0.465 e. The monoisotopic (exact) mass is 331 g/mol. The third-order valence-corrected chi connectivity index (χ3v) is 4.81. The van der Waals surface area contributed by atoms with Gasteiger partial charge in [-0.15, -0.1) is 0 Å². The van der Waals surface area contributed by atoms with Crippen LogP contribution in [0.15, 0.2) is 16.7 Å². The van der Waals surface area contributed by atoms with Gasteiger partial charge in [0.15, 0.2) is 0 Å². The first-order chi connectivity index (χ1) is 11.4. The molecule has 1 saturated heterocycles. The summed E-state index contributed by atoms with van der Waals surface area (Å²) in [5.41, 5.74) is 3.53. The van der Waals surface area contributed by atoms with Gasteiger partial charge in [-0.3, -0.25) is 4.68 Å². The maximum absolute atomic E-state index is 5.92. The Hall–Kier alpha value is -1.75. The van der Waals surface area contributed by atoms with Crippen molar-refractivity contribution in [3.63, 3.8) is 0 Å². The van der Waals surface area contributed by atoms with Crippen LogP contribution in [0.25, 0.3) is 0 Å². The molecule has 0 spiro atoms. The second-order valence-corrected chi connectivity index (χ2v) is 7.73. The lowest BCUT2D eigenvalue weighted by molar-refractivity contribution is 0.0657. The van der Waals surface area contributed by atoms with Crippen LogP contribution in [0.2, 0.25) is 0 Å². The maximum Gasteiger partial charge on any atom is 0.109 e. The van der Waals surface area contributed by atoms with Crippen LogP contribution in [-0.4, -0.2) is 23.0 Å².